The molecule has 438 valence electrons. The van der Waals surface area contributed by atoms with Crippen LogP contribution in [0.15, 0.2) is 66.7 Å². The Morgan fingerprint density at radius 1 is 0.679 bits per heavy atom. The number of aromatic nitrogens is 4. The van der Waals surface area contributed by atoms with Gasteiger partial charge in [0, 0.05) is 38.6 Å². The normalized spacial score (nSPS) is 14.4. The topological polar surface area (TPSA) is 206 Å². The highest BCUT2D eigenvalue weighted by Gasteiger charge is 2.31. The molecule has 4 amide bonds. The summed E-state index contributed by atoms with van der Waals surface area (Å²) < 4.78 is 32.4. The third-order valence-corrected chi connectivity index (χ3v) is 16.1. The number of carbonyl (C=O) groups is 5. The number of rotatable bonds is 29. The lowest BCUT2D eigenvalue weighted by Crippen LogP contribution is -2.51. The van der Waals surface area contributed by atoms with E-state index < -0.39 is 29.9 Å². The minimum absolute atomic E-state index is 0.0220. The van der Waals surface area contributed by atoms with Crippen molar-refractivity contribution in [1.29, 1.82) is 0 Å². The van der Waals surface area contributed by atoms with Gasteiger partial charge in [0.15, 0.2) is 11.4 Å². The third-order valence-electron chi connectivity index (χ3n) is 16.1. The first-order chi connectivity index (χ1) is 39.1. The SMILES string of the molecule is CCC(CC)Cn1nc(C(=O)N[C@@H](CCC2CCCCC2)CC(=O)N(C)CC(=O)OC)cc1-c1c(OC)cc(-c2ccccc2CC[C@H](NC(=O)c2cc(-c3c(OC)cccc3OC)n(CC(C)C)n2)C(=O)NC2CCC2)cc1OC. The average molecular weight is 1120 g/mol. The van der Waals surface area contributed by atoms with Crippen molar-refractivity contribution in [3.8, 4) is 56.6 Å². The number of hydrogen-bond donors (Lipinski definition) is 3. The van der Waals surface area contributed by atoms with Gasteiger partial charge in [0.25, 0.3) is 11.8 Å². The molecular formula is C63H86N8O10. The maximum atomic E-state index is 14.5. The fourth-order valence-electron chi connectivity index (χ4n) is 11.1. The smallest absolute Gasteiger partial charge is 0.325 e. The van der Waals surface area contributed by atoms with Gasteiger partial charge in [-0.2, -0.15) is 10.2 Å². The van der Waals surface area contributed by atoms with Gasteiger partial charge in [-0.05, 0) is 116 Å². The van der Waals surface area contributed by atoms with Crippen molar-refractivity contribution in [2.24, 2.45) is 17.8 Å². The molecule has 18 nitrogen and oxygen atoms in total. The fraction of sp³-hybridized carbons (Fsp3) is 0.540. The number of carbonyl (C=O) groups excluding carboxylic acids is 5. The van der Waals surface area contributed by atoms with Crippen LogP contribution in [-0.2, 0) is 38.6 Å². The molecule has 2 aromatic heterocycles. The van der Waals surface area contributed by atoms with Gasteiger partial charge in [0.05, 0.1) is 58.1 Å². The third kappa shape index (κ3) is 15.8. The summed E-state index contributed by atoms with van der Waals surface area (Å²) in [5.41, 5.74) is 5.54. The van der Waals surface area contributed by atoms with Crippen LogP contribution in [0.2, 0.25) is 0 Å². The molecule has 2 saturated carbocycles. The molecule has 2 aliphatic rings. The largest absolute Gasteiger partial charge is 0.496 e. The number of aryl methyl sites for hydroxylation is 1. The Bertz CT molecular complexity index is 2890. The van der Waals surface area contributed by atoms with Crippen LogP contribution in [0.4, 0.5) is 0 Å². The van der Waals surface area contributed by atoms with Crippen molar-refractivity contribution >= 4 is 29.6 Å². The number of hydrogen-bond acceptors (Lipinski definition) is 12. The van der Waals surface area contributed by atoms with Crippen LogP contribution < -0.4 is 34.9 Å². The van der Waals surface area contributed by atoms with Crippen LogP contribution in [0.25, 0.3) is 33.6 Å². The van der Waals surface area contributed by atoms with E-state index in [9.17, 15) is 24.0 Å². The second kappa shape index (κ2) is 29.4. The molecule has 0 saturated heterocycles. The molecule has 2 aliphatic carbocycles. The summed E-state index contributed by atoms with van der Waals surface area (Å²) in [6.45, 7) is 9.30. The highest BCUT2D eigenvalue weighted by molar-refractivity contribution is 5.98. The van der Waals surface area contributed by atoms with Crippen molar-refractivity contribution in [3.05, 3.63) is 83.7 Å². The predicted octanol–water partition coefficient (Wildman–Crippen LogP) is 10.1. The summed E-state index contributed by atoms with van der Waals surface area (Å²) in [5.74, 6) is 1.19. The van der Waals surface area contributed by atoms with Crippen molar-refractivity contribution < 1.29 is 47.7 Å². The van der Waals surface area contributed by atoms with Gasteiger partial charge in [-0.3, -0.25) is 33.3 Å². The lowest BCUT2D eigenvalue weighted by atomic mass is 9.85. The van der Waals surface area contributed by atoms with Crippen LogP contribution in [0.3, 0.4) is 0 Å². The number of likely N-dealkylation sites (N-methyl/N-ethyl adjacent to an activating group) is 1. The lowest BCUT2D eigenvalue weighted by Gasteiger charge is -2.29. The van der Waals surface area contributed by atoms with E-state index in [2.05, 4.69) is 43.6 Å². The Hall–Kier alpha value is -7.37. The quantitative estimate of drug-likeness (QED) is 0.0383. The van der Waals surface area contributed by atoms with Crippen molar-refractivity contribution in [3.63, 3.8) is 0 Å². The van der Waals surface area contributed by atoms with Gasteiger partial charge < -0.3 is 44.5 Å². The molecule has 0 unspecified atom stereocenters. The number of nitrogens with one attached hydrogen (secondary N) is 3. The fourth-order valence-corrected chi connectivity index (χ4v) is 11.1. The highest BCUT2D eigenvalue weighted by atomic mass is 16.5. The van der Waals surface area contributed by atoms with Crippen LogP contribution in [0.5, 0.6) is 23.0 Å². The van der Waals surface area contributed by atoms with Crippen LogP contribution in [0.1, 0.15) is 144 Å². The van der Waals surface area contributed by atoms with Gasteiger partial charge in [0.2, 0.25) is 11.8 Å². The van der Waals surface area contributed by atoms with Crippen LogP contribution >= 0.6 is 0 Å². The molecule has 81 heavy (non-hydrogen) atoms. The van der Waals surface area contributed by atoms with E-state index in [0.717, 1.165) is 68.1 Å². The number of ether oxygens (including phenoxy) is 5. The van der Waals surface area contributed by atoms with Crippen LogP contribution in [0, 0.1) is 17.8 Å². The lowest BCUT2D eigenvalue weighted by molar-refractivity contribution is -0.146. The standard InChI is InChI=1S/C63H86N8O10/c1-11-41(12-2)38-71-52(35-49(68-71)62(75)65-46(30-28-42-20-14-13-15-21-42)34-57(72)69(5)39-58(73)81-10)60-55(79-8)32-44(33-56(60)80-9)47-25-17-16-22-43(47)29-31-48(61(74)64-45-23-18-24-45)66-63(76)50-36-51(70(67-50)37-40(3)4)59-53(77-6)26-19-27-54(59)78-7/h16-17,19,22,25-27,32-33,35-36,40-42,45-46,48H,11-15,18,20-21,23-24,28-31,34,37-39H2,1-10H3,(H,64,74)(H,65,75)(H,66,76)/t46-,48-/m0/s1. The molecule has 2 fully saturated rings. The zero-order chi connectivity index (χ0) is 58.2. The maximum absolute atomic E-state index is 14.5. The molecule has 0 aliphatic heterocycles. The summed E-state index contributed by atoms with van der Waals surface area (Å²) in [4.78, 5) is 70.0. The first-order valence-corrected chi connectivity index (χ1v) is 29.1. The molecule has 18 heteroatoms. The highest BCUT2D eigenvalue weighted by Crippen LogP contribution is 2.44. The second-order valence-electron chi connectivity index (χ2n) is 22.2. The van der Waals surface area contributed by atoms with Crippen LogP contribution in [-0.4, -0.2) is 121 Å². The minimum atomic E-state index is -0.889. The number of amides is 4. The van der Waals surface area contributed by atoms with E-state index in [0.29, 0.717) is 77.4 Å². The van der Waals surface area contributed by atoms with Gasteiger partial charge in [-0.15, -0.1) is 0 Å². The minimum Gasteiger partial charge on any atom is -0.496 e. The summed E-state index contributed by atoms with van der Waals surface area (Å²) >= 11 is 0. The molecule has 2 atom stereocenters. The summed E-state index contributed by atoms with van der Waals surface area (Å²) in [7, 11) is 9.24. The average Bonchev–Trinajstić information content (AvgIpc) is 4.24. The molecule has 3 aromatic carbocycles. The van der Waals surface area contributed by atoms with E-state index in [1.54, 1.807) is 52.3 Å². The van der Waals surface area contributed by atoms with Gasteiger partial charge in [-0.25, -0.2) is 0 Å². The Morgan fingerprint density at radius 2 is 1.26 bits per heavy atom. The van der Waals surface area contributed by atoms with Gasteiger partial charge >= 0.3 is 5.97 Å². The molecule has 2 heterocycles. The summed E-state index contributed by atoms with van der Waals surface area (Å²) in [5, 5.41) is 19.2. The van der Waals surface area contributed by atoms with E-state index >= 15 is 0 Å². The molecule has 3 N–H and O–H groups in total. The Labute approximate surface area is 478 Å². The Morgan fingerprint density at radius 3 is 1.81 bits per heavy atom. The van der Waals surface area contributed by atoms with E-state index in [1.165, 1.54) is 31.3 Å². The van der Waals surface area contributed by atoms with Gasteiger partial charge in [-0.1, -0.05) is 103 Å². The summed E-state index contributed by atoms with van der Waals surface area (Å²) in [6, 6.07) is 19.5. The molecule has 7 rings (SSSR count). The van der Waals surface area contributed by atoms with E-state index in [4.69, 9.17) is 33.9 Å². The monoisotopic (exact) mass is 1110 g/mol. The molecule has 0 spiro atoms. The zero-order valence-electron chi connectivity index (χ0n) is 49.4. The number of esters is 1. The van der Waals surface area contributed by atoms with Crippen molar-refractivity contribution in [2.45, 2.75) is 155 Å². The van der Waals surface area contributed by atoms with Crippen molar-refractivity contribution in [2.75, 3.05) is 49.1 Å². The number of benzene rings is 3. The Balaban J connectivity index is 1.18. The first-order valence-electron chi connectivity index (χ1n) is 29.1. The molecule has 0 radical (unpaired) electrons. The summed E-state index contributed by atoms with van der Waals surface area (Å²) in [6.07, 6.45) is 12.6. The zero-order valence-corrected chi connectivity index (χ0v) is 49.4. The number of nitrogens with zero attached hydrogens (tertiary/aromatic N) is 5. The predicted molar refractivity (Wildman–Crippen MR) is 313 cm³/mol. The number of methoxy groups -OCH3 is 5. The molecular weight excluding hydrogens is 1030 g/mol. The Kier molecular flexibility index (Phi) is 22.2. The van der Waals surface area contributed by atoms with Crippen molar-refractivity contribution in [1.82, 2.24) is 40.4 Å². The maximum Gasteiger partial charge on any atom is 0.325 e. The van der Waals surface area contributed by atoms with E-state index in [1.807, 2.05) is 59.3 Å². The van der Waals surface area contributed by atoms with E-state index in [-0.39, 0.29) is 60.5 Å². The molecule has 5 aromatic rings. The first kappa shape index (κ1) is 61.3. The second-order valence-corrected chi connectivity index (χ2v) is 22.2. The molecule has 0 bridgehead atoms. The van der Waals surface area contributed by atoms with Gasteiger partial charge in [0.1, 0.15) is 35.6 Å².